The summed E-state index contributed by atoms with van der Waals surface area (Å²) in [6.45, 7) is -0.179. The van der Waals surface area contributed by atoms with Crippen LogP contribution in [0.1, 0.15) is 18.5 Å². The molecule has 2 amide bonds. The number of benzene rings is 1. The number of nitrogens with zero attached hydrogens (tertiary/aromatic N) is 1. The Morgan fingerprint density at radius 1 is 1.39 bits per heavy atom. The van der Waals surface area contributed by atoms with Crippen molar-refractivity contribution in [1.82, 2.24) is 10.5 Å². The lowest BCUT2D eigenvalue weighted by atomic mass is 10.0. The van der Waals surface area contributed by atoms with Crippen LogP contribution >= 0.6 is 0 Å². The molecule has 0 bridgehead atoms. The van der Waals surface area contributed by atoms with Gasteiger partial charge in [0.15, 0.2) is 5.76 Å². The maximum Gasteiger partial charge on any atom is 0.236 e. The number of primary amides is 1. The molecule has 0 unspecified atom stereocenters. The molecule has 1 aliphatic rings. The molecule has 7 nitrogen and oxygen atoms in total. The third-order valence-corrected chi connectivity index (χ3v) is 3.96. The van der Waals surface area contributed by atoms with Gasteiger partial charge in [-0.2, -0.15) is 0 Å². The molecule has 0 saturated heterocycles. The summed E-state index contributed by atoms with van der Waals surface area (Å²) in [5.41, 5.74) is 5.72. The summed E-state index contributed by atoms with van der Waals surface area (Å²) in [5, 5.41) is 6.57. The van der Waals surface area contributed by atoms with Gasteiger partial charge in [-0.3, -0.25) is 9.59 Å². The second-order valence-corrected chi connectivity index (χ2v) is 5.54. The van der Waals surface area contributed by atoms with Gasteiger partial charge in [0, 0.05) is 11.6 Å². The SMILES string of the molecule is COc1cccc(-c2cc(C3(C(=O)NCC(N)=O)CC3)no2)c1. The van der Waals surface area contributed by atoms with Gasteiger partial charge < -0.3 is 20.3 Å². The van der Waals surface area contributed by atoms with Gasteiger partial charge >= 0.3 is 0 Å². The van der Waals surface area contributed by atoms with Crippen LogP contribution in [-0.2, 0) is 15.0 Å². The molecule has 0 radical (unpaired) electrons. The molecular weight excluding hydrogens is 298 g/mol. The molecule has 1 fully saturated rings. The lowest BCUT2D eigenvalue weighted by Gasteiger charge is -2.10. The van der Waals surface area contributed by atoms with E-state index in [0.717, 1.165) is 5.56 Å². The van der Waals surface area contributed by atoms with E-state index in [9.17, 15) is 9.59 Å². The van der Waals surface area contributed by atoms with Crippen LogP contribution in [0.4, 0.5) is 0 Å². The third kappa shape index (κ3) is 2.90. The van der Waals surface area contributed by atoms with Crippen molar-refractivity contribution in [3.63, 3.8) is 0 Å². The summed E-state index contributed by atoms with van der Waals surface area (Å²) in [5.74, 6) is 0.446. The highest BCUT2D eigenvalue weighted by Crippen LogP contribution is 2.48. The summed E-state index contributed by atoms with van der Waals surface area (Å²) < 4.78 is 10.6. The minimum Gasteiger partial charge on any atom is -0.497 e. The molecule has 23 heavy (non-hydrogen) atoms. The van der Waals surface area contributed by atoms with Gasteiger partial charge in [-0.05, 0) is 25.0 Å². The van der Waals surface area contributed by atoms with Crippen LogP contribution in [0.15, 0.2) is 34.9 Å². The average molecular weight is 315 g/mol. The molecule has 3 rings (SSSR count). The van der Waals surface area contributed by atoms with E-state index in [1.54, 1.807) is 13.2 Å². The second-order valence-electron chi connectivity index (χ2n) is 5.54. The Hall–Kier alpha value is -2.83. The molecule has 7 heteroatoms. The van der Waals surface area contributed by atoms with E-state index in [2.05, 4.69) is 10.5 Å². The van der Waals surface area contributed by atoms with Crippen LogP contribution in [0.25, 0.3) is 11.3 Å². The van der Waals surface area contributed by atoms with Crippen molar-refractivity contribution in [1.29, 1.82) is 0 Å². The first-order chi connectivity index (χ1) is 11.0. The first kappa shape index (κ1) is 15.1. The molecule has 0 atom stereocenters. The zero-order valence-corrected chi connectivity index (χ0v) is 12.7. The van der Waals surface area contributed by atoms with Crippen LogP contribution in [0, 0.1) is 0 Å². The van der Waals surface area contributed by atoms with Crippen LogP contribution < -0.4 is 15.8 Å². The lowest BCUT2D eigenvalue weighted by Crippen LogP contribution is -2.39. The Bertz CT molecular complexity index is 749. The summed E-state index contributed by atoms with van der Waals surface area (Å²) in [7, 11) is 1.59. The van der Waals surface area contributed by atoms with Crippen LogP contribution in [0.3, 0.4) is 0 Å². The van der Waals surface area contributed by atoms with Gasteiger partial charge in [0.1, 0.15) is 5.75 Å². The van der Waals surface area contributed by atoms with Crippen molar-refractivity contribution in [2.45, 2.75) is 18.3 Å². The normalized spacial score (nSPS) is 15.0. The monoisotopic (exact) mass is 315 g/mol. The molecule has 3 N–H and O–H groups in total. The first-order valence-corrected chi connectivity index (χ1v) is 7.23. The third-order valence-electron chi connectivity index (χ3n) is 3.96. The Morgan fingerprint density at radius 3 is 2.83 bits per heavy atom. The minimum atomic E-state index is -0.712. The quantitative estimate of drug-likeness (QED) is 0.826. The summed E-state index contributed by atoms with van der Waals surface area (Å²) >= 11 is 0. The molecule has 2 aromatic rings. The highest BCUT2D eigenvalue weighted by Gasteiger charge is 2.53. The molecule has 0 spiro atoms. The first-order valence-electron chi connectivity index (χ1n) is 7.23. The van der Waals surface area contributed by atoms with Crippen LogP contribution in [0.5, 0.6) is 5.75 Å². The highest BCUT2D eigenvalue weighted by molar-refractivity contribution is 5.93. The second kappa shape index (κ2) is 5.75. The highest BCUT2D eigenvalue weighted by atomic mass is 16.5. The topological polar surface area (TPSA) is 107 Å². The number of ether oxygens (including phenoxy) is 1. The maximum absolute atomic E-state index is 12.3. The van der Waals surface area contributed by atoms with Crippen LogP contribution in [0.2, 0.25) is 0 Å². The summed E-state index contributed by atoms with van der Waals surface area (Å²) in [6, 6.07) is 9.14. The molecule has 1 heterocycles. The number of carbonyl (C=O) groups is 2. The van der Waals surface area contributed by atoms with Crippen molar-refractivity contribution in [3.05, 3.63) is 36.0 Å². The number of nitrogens with one attached hydrogen (secondary N) is 1. The fourth-order valence-corrected chi connectivity index (χ4v) is 2.47. The number of carbonyl (C=O) groups excluding carboxylic acids is 2. The van der Waals surface area contributed by atoms with Gasteiger partial charge in [-0.25, -0.2) is 0 Å². The molecule has 1 aliphatic carbocycles. The Kier molecular flexibility index (Phi) is 3.77. The Balaban J connectivity index is 1.81. The van der Waals surface area contributed by atoms with Crippen molar-refractivity contribution < 1.29 is 18.8 Å². The minimum absolute atomic E-state index is 0.179. The number of hydrogen-bond acceptors (Lipinski definition) is 5. The molecule has 120 valence electrons. The fraction of sp³-hybridized carbons (Fsp3) is 0.312. The van der Waals surface area contributed by atoms with E-state index in [-0.39, 0.29) is 12.5 Å². The van der Waals surface area contributed by atoms with E-state index >= 15 is 0 Å². The predicted octanol–water partition coefficient (Wildman–Crippen LogP) is 0.983. The van der Waals surface area contributed by atoms with Gasteiger partial charge in [-0.15, -0.1) is 0 Å². The van der Waals surface area contributed by atoms with E-state index in [1.807, 2.05) is 24.3 Å². The van der Waals surface area contributed by atoms with Crippen molar-refractivity contribution in [2.24, 2.45) is 5.73 Å². The standard InChI is InChI=1S/C16H17N3O4/c1-22-11-4-2-3-10(7-11)12-8-13(19-23-12)16(5-6-16)15(21)18-9-14(17)20/h2-4,7-8H,5-6,9H2,1H3,(H2,17,20)(H,18,21). The maximum atomic E-state index is 12.3. The lowest BCUT2D eigenvalue weighted by molar-refractivity contribution is -0.126. The van der Waals surface area contributed by atoms with E-state index < -0.39 is 11.3 Å². The van der Waals surface area contributed by atoms with E-state index in [4.69, 9.17) is 15.0 Å². The summed E-state index contributed by atoms with van der Waals surface area (Å²) in [4.78, 5) is 23.1. The smallest absolute Gasteiger partial charge is 0.236 e. The molecule has 1 saturated carbocycles. The zero-order chi connectivity index (χ0) is 16.4. The Morgan fingerprint density at radius 2 is 2.17 bits per heavy atom. The zero-order valence-electron chi connectivity index (χ0n) is 12.7. The molecular formula is C16H17N3O4. The summed E-state index contributed by atoms with van der Waals surface area (Å²) in [6.07, 6.45) is 1.34. The van der Waals surface area contributed by atoms with E-state index in [1.165, 1.54) is 0 Å². The van der Waals surface area contributed by atoms with Gasteiger partial charge in [-0.1, -0.05) is 17.3 Å². The number of methoxy groups -OCH3 is 1. The van der Waals surface area contributed by atoms with Crippen molar-refractivity contribution in [3.8, 4) is 17.1 Å². The van der Waals surface area contributed by atoms with E-state index in [0.29, 0.717) is 30.0 Å². The van der Waals surface area contributed by atoms with Crippen LogP contribution in [-0.4, -0.2) is 30.6 Å². The molecule has 1 aromatic carbocycles. The van der Waals surface area contributed by atoms with Gasteiger partial charge in [0.05, 0.1) is 24.8 Å². The largest absolute Gasteiger partial charge is 0.497 e. The number of rotatable bonds is 6. The number of amides is 2. The van der Waals surface area contributed by atoms with Gasteiger partial charge in [0.2, 0.25) is 11.8 Å². The molecule has 0 aliphatic heterocycles. The van der Waals surface area contributed by atoms with Gasteiger partial charge in [0.25, 0.3) is 0 Å². The van der Waals surface area contributed by atoms with Crippen molar-refractivity contribution in [2.75, 3.05) is 13.7 Å². The Labute approximate surface area is 132 Å². The average Bonchev–Trinajstić information content (AvgIpc) is 3.22. The predicted molar refractivity (Wildman–Crippen MR) is 81.6 cm³/mol. The molecule has 1 aromatic heterocycles. The number of hydrogen-bond donors (Lipinski definition) is 2. The number of nitrogens with two attached hydrogens (primary N) is 1. The fourth-order valence-electron chi connectivity index (χ4n) is 2.47. The number of aromatic nitrogens is 1. The van der Waals surface area contributed by atoms with Crippen molar-refractivity contribution >= 4 is 11.8 Å².